The third kappa shape index (κ3) is 8.23. The maximum Gasteiger partial charge on any atom is 0.480 e. The van der Waals surface area contributed by atoms with Crippen molar-refractivity contribution in [3.63, 3.8) is 0 Å². The van der Waals surface area contributed by atoms with Crippen LogP contribution in [0.15, 0.2) is 12.7 Å². The van der Waals surface area contributed by atoms with E-state index in [2.05, 4.69) is 20.7 Å². The van der Waals surface area contributed by atoms with E-state index >= 15 is 0 Å². The van der Waals surface area contributed by atoms with E-state index in [1.54, 1.807) is 0 Å². The van der Waals surface area contributed by atoms with Gasteiger partial charge in [-0.1, -0.05) is 6.58 Å². The monoisotopic (exact) mass is 366 g/mol. The third-order valence-corrected chi connectivity index (χ3v) is 4.07. The molecule has 0 aliphatic rings. The van der Waals surface area contributed by atoms with Gasteiger partial charge in [0.2, 0.25) is 0 Å². The predicted molar refractivity (Wildman–Crippen MR) is 61.2 cm³/mol. The summed E-state index contributed by atoms with van der Waals surface area (Å²) in [5.74, 6) is 0. The number of nitrogens with zero attached hydrogens (tertiary/aromatic N) is 1. The molecule has 0 unspecified atom stereocenters. The molecule has 0 aromatic heterocycles. The van der Waals surface area contributed by atoms with E-state index in [9.17, 15) is 43.2 Å². The van der Waals surface area contributed by atoms with E-state index in [1.165, 1.54) is 4.90 Å². The van der Waals surface area contributed by atoms with Crippen LogP contribution in [0.3, 0.4) is 0 Å². The number of nitrogens with one attached hydrogen (secondary N) is 1. The molecule has 0 aromatic rings. The van der Waals surface area contributed by atoms with Gasteiger partial charge in [-0.2, -0.15) is 26.3 Å². The van der Waals surface area contributed by atoms with Gasteiger partial charge in [0, 0.05) is 0 Å². The predicted octanol–water partition coefficient (Wildman–Crippen LogP) is 0.376. The summed E-state index contributed by atoms with van der Waals surface area (Å²) in [5, 5.41) is 0. The standard InChI is InChI=1S/C5H11N.C2F6NO4S2/c1-4-5-6(2)3;3-1(4,5)14(10,11)9-15(12,13)2(6,7)8/h4H,1,5H2,2-3H3;/q;-1/p+1. The molecule has 1 N–H and O–H groups in total. The largest absolute Gasteiger partial charge is 0.480 e. The van der Waals surface area contributed by atoms with Gasteiger partial charge in [0.1, 0.15) is 0 Å². The molecule has 0 atom stereocenters. The van der Waals surface area contributed by atoms with Crippen LogP contribution in [-0.4, -0.2) is 48.5 Å². The van der Waals surface area contributed by atoms with E-state index < -0.39 is 31.1 Å². The lowest BCUT2D eigenvalue weighted by Gasteiger charge is -2.22. The molecule has 0 aromatic carbocycles. The maximum absolute atomic E-state index is 11.4. The molecule has 6 nitrogen and oxygen atoms in total. The molecule has 0 amide bonds. The summed E-state index contributed by atoms with van der Waals surface area (Å²) in [6, 6.07) is 0. The topological polar surface area (TPSA) is 86.8 Å². The molecule has 0 rings (SSSR count). The van der Waals surface area contributed by atoms with E-state index in [-0.39, 0.29) is 0 Å². The van der Waals surface area contributed by atoms with Gasteiger partial charge < -0.3 is 9.03 Å². The first-order valence-corrected chi connectivity index (χ1v) is 7.62. The van der Waals surface area contributed by atoms with Gasteiger partial charge in [-0.15, -0.1) is 0 Å². The zero-order valence-electron chi connectivity index (χ0n) is 10.7. The van der Waals surface area contributed by atoms with Crippen molar-refractivity contribution in [1.82, 2.24) is 0 Å². The Morgan fingerprint density at radius 3 is 1.33 bits per heavy atom. The number of quaternary nitrogens is 1. The second-order valence-corrected chi connectivity index (χ2v) is 7.04. The zero-order valence-corrected chi connectivity index (χ0v) is 12.3. The van der Waals surface area contributed by atoms with E-state index in [0.717, 1.165) is 10.7 Å². The molecule has 0 aliphatic heterocycles. The quantitative estimate of drug-likeness (QED) is 0.576. The fraction of sp³-hybridized carbons (Fsp3) is 0.714. The smallest absolute Gasteiger partial charge is 0.421 e. The van der Waals surface area contributed by atoms with Crippen LogP contribution in [0.25, 0.3) is 4.13 Å². The number of rotatable bonds is 4. The molecule has 0 fully saturated rings. The molecule has 0 saturated heterocycles. The number of hydrogen-bond acceptors (Lipinski definition) is 4. The van der Waals surface area contributed by atoms with Crippen molar-refractivity contribution in [1.29, 1.82) is 0 Å². The lowest BCUT2D eigenvalue weighted by atomic mass is 10.6. The fourth-order valence-corrected chi connectivity index (χ4v) is 2.21. The Kier molecular flexibility index (Phi) is 7.92. The van der Waals surface area contributed by atoms with Gasteiger partial charge in [0.15, 0.2) is 20.0 Å². The Hall–Kier alpha value is -0.860. The molecular weight excluding hydrogens is 354 g/mol. The van der Waals surface area contributed by atoms with Crippen LogP contribution in [0.5, 0.6) is 0 Å². The number of hydrogen-bond donors (Lipinski definition) is 1. The van der Waals surface area contributed by atoms with Gasteiger partial charge in [-0.05, 0) is 6.08 Å². The van der Waals surface area contributed by atoms with Crippen LogP contribution in [0.2, 0.25) is 0 Å². The molecule has 0 bridgehead atoms. The highest BCUT2D eigenvalue weighted by molar-refractivity contribution is 8.13. The van der Waals surface area contributed by atoms with Crippen molar-refractivity contribution < 1.29 is 48.1 Å². The van der Waals surface area contributed by atoms with Crippen LogP contribution in [0.4, 0.5) is 26.3 Å². The van der Waals surface area contributed by atoms with Gasteiger partial charge >= 0.3 is 11.0 Å². The minimum absolute atomic E-state index is 0.778. The summed E-state index contributed by atoms with van der Waals surface area (Å²) in [7, 11) is -9.25. The van der Waals surface area contributed by atoms with E-state index in [1.807, 2.05) is 6.08 Å². The molecule has 0 radical (unpaired) electrons. The average Bonchev–Trinajstić information content (AvgIpc) is 2.12. The van der Waals surface area contributed by atoms with Crippen molar-refractivity contribution in [3.8, 4) is 0 Å². The highest BCUT2D eigenvalue weighted by Crippen LogP contribution is 2.36. The van der Waals surface area contributed by atoms with Crippen LogP contribution in [0.1, 0.15) is 0 Å². The summed E-state index contributed by atoms with van der Waals surface area (Å²) >= 11 is 0. The number of likely N-dealkylation sites (N-methyl/N-ethyl adjacent to an activating group) is 1. The summed E-state index contributed by atoms with van der Waals surface area (Å²) in [4.78, 5) is 1.42. The Labute approximate surface area is 117 Å². The first-order valence-electron chi connectivity index (χ1n) is 4.74. The minimum atomic E-state index is -6.72. The van der Waals surface area contributed by atoms with Crippen LogP contribution in [-0.2, 0) is 20.0 Å². The minimum Gasteiger partial charge on any atom is -0.421 e. The van der Waals surface area contributed by atoms with E-state index in [0.29, 0.717) is 0 Å². The van der Waals surface area contributed by atoms with Crippen molar-refractivity contribution in [2.24, 2.45) is 0 Å². The van der Waals surface area contributed by atoms with Crippen LogP contribution >= 0.6 is 0 Å². The van der Waals surface area contributed by atoms with Gasteiger partial charge in [0.05, 0.1) is 20.6 Å². The van der Waals surface area contributed by atoms with Crippen LogP contribution in [0, 0.1) is 0 Å². The molecule has 21 heavy (non-hydrogen) atoms. The molecule has 0 aliphatic carbocycles. The summed E-state index contributed by atoms with van der Waals surface area (Å²) < 4.78 is 109. The van der Waals surface area contributed by atoms with Gasteiger partial charge in [0.25, 0.3) is 0 Å². The molecule has 0 saturated carbocycles. The maximum atomic E-state index is 11.4. The molecular formula is C7H12F6N2O4S2. The lowest BCUT2D eigenvalue weighted by Crippen LogP contribution is -3.05. The Morgan fingerprint density at radius 2 is 1.24 bits per heavy atom. The van der Waals surface area contributed by atoms with Crippen molar-refractivity contribution in [2.45, 2.75) is 11.0 Å². The van der Waals surface area contributed by atoms with Crippen molar-refractivity contribution in [2.75, 3.05) is 20.6 Å². The first kappa shape index (κ1) is 22.4. The van der Waals surface area contributed by atoms with Gasteiger partial charge in [-0.25, -0.2) is 16.8 Å². The summed E-state index contributed by atoms with van der Waals surface area (Å²) in [5.41, 5.74) is -12.4. The van der Waals surface area contributed by atoms with Crippen LogP contribution < -0.4 is 4.90 Å². The SMILES string of the molecule is C=CC[NH+](C)C.O=S(=O)([N-]S(=O)(=O)C(F)(F)F)C(F)(F)F. The first-order chi connectivity index (χ1) is 8.98. The number of sulfonamides is 2. The number of halogens is 6. The van der Waals surface area contributed by atoms with Crippen molar-refractivity contribution in [3.05, 3.63) is 16.8 Å². The normalized spacial score (nSPS) is 13.6. The lowest BCUT2D eigenvalue weighted by molar-refractivity contribution is -0.851. The van der Waals surface area contributed by atoms with Gasteiger partial charge in [-0.3, -0.25) is 0 Å². The Balaban J connectivity index is 0. The molecule has 0 heterocycles. The highest BCUT2D eigenvalue weighted by Gasteiger charge is 2.46. The average molecular weight is 366 g/mol. The molecule has 14 heteroatoms. The summed E-state index contributed by atoms with van der Waals surface area (Å²) in [6.07, 6.45) is 1.91. The molecule has 0 spiro atoms. The highest BCUT2D eigenvalue weighted by atomic mass is 32.3. The fourth-order valence-electron chi connectivity index (χ4n) is 0.502. The Morgan fingerprint density at radius 1 is 0.952 bits per heavy atom. The van der Waals surface area contributed by atoms with E-state index in [4.69, 9.17) is 0 Å². The molecule has 128 valence electrons. The summed E-state index contributed by atoms with van der Waals surface area (Å²) in [6.45, 7) is 4.64. The second kappa shape index (κ2) is 7.42. The van der Waals surface area contributed by atoms with Crippen molar-refractivity contribution >= 4 is 20.0 Å². The zero-order chi connectivity index (χ0) is 17.7. The Bertz CT molecular complexity index is 492. The third-order valence-electron chi connectivity index (χ3n) is 1.33. The number of alkyl halides is 6. The second-order valence-electron chi connectivity index (χ2n) is 3.62.